The minimum atomic E-state index is 1.01. The Morgan fingerprint density at radius 2 is 1.69 bits per heavy atom. The van der Waals surface area contributed by atoms with E-state index < -0.39 is 0 Å². The topological polar surface area (TPSA) is 46.8 Å². The summed E-state index contributed by atoms with van der Waals surface area (Å²) in [5.74, 6) is 0. The number of benzene rings is 1. The van der Waals surface area contributed by atoms with Gasteiger partial charge in [0, 0.05) is 43.0 Å². The van der Waals surface area contributed by atoms with Crippen molar-refractivity contribution in [2.45, 2.75) is 67.2 Å². The molecule has 0 unspecified atom stereocenters. The number of aryl methyl sites for hydroxylation is 3. The molecule has 4 aromatic rings. The second kappa shape index (κ2) is 16.8. The van der Waals surface area contributed by atoms with Crippen molar-refractivity contribution >= 4 is 5.69 Å². The summed E-state index contributed by atoms with van der Waals surface area (Å²) < 4.78 is 1.93. The van der Waals surface area contributed by atoms with Crippen molar-refractivity contribution in [2.24, 2.45) is 0 Å². The summed E-state index contributed by atoms with van der Waals surface area (Å²) in [6, 6.07) is 16.4. The minimum Gasteiger partial charge on any atom is -0.349 e. The summed E-state index contributed by atoms with van der Waals surface area (Å²) in [5, 5.41) is 4.43. The molecule has 206 valence electrons. The molecule has 5 heteroatoms. The van der Waals surface area contributed by atoms with Gasteiger partial charge < -0.3 is 4.90 Å². The first-order valence-electron chi connectivity index (χ1n) is 14.0. The highest BCUT2D eigenvalue weighted by atomic mass is 15.3. The molecule has 0 atom stereocenters. The fourth-order valence-electron chi connectivity index (χ4n) is 4.54. The van der Waals surface area contributed by atoms with Crippen molar-refractivity contribution in [2.75, 3.05) is 11.9 Å². The zero-order valence-electron chi connectivity index (χ0n) is 24.9. The van der Waals surface area contributed by atoms with Gasteiger partial charge in [-0.15, -0.1) is 0 Å². The van der Waals surface area contributed by atoms with Gasteiger partial charge in [-0.3, -0.25) is 9.97 Å². The van der Waals surface area contributed by atoms with Crippen molar-refractivity contribution in [1.82, 2.24) is 19.7 Å². The largest absolute Gasteiger partial charge is 0.349 e. The Morgan fingerprint density at radius 1 is 0.949 bits per heavy atom. The fraction of sp³-hybridized carbons (Fsp3) is 0.324. The lowest BCUT2D eigenvalue weighted by molar-refractivity contribution is 0.766. The van der Waals surface area contributed by atoms with E-state index in [1.54, 1.807) is 6.08 Å². The van der Waals surface area contributed by atoms with Crippen LogP contribution in [0.2, 0.25) is 0 Å². The van der Waals surface area contributed by atoms with Crippen LogP contribution >= 0.6 is 0 Å². The van der Waals surface area contributed by atoms with Crippen LogP contribution in [-0.2, 0) is 12.8 Å². The molecule has 0 aliphatic carbocycles. The maximum absolute atomic E-state index is 4.77. The molecule has 1 aromatic carbocycles. The first-order valence-corrected chi connectivity index (χ1v) is 14.0. The molecule has 0 fully saturated rings. The standard InChI is InChI=1S/C19H26N4.C13H13N.C2H6/c1-6-8-11-17-18(22(5)13-9-7-2)15(3)21-16(4)19(17)23-14-10-12-20-23;1-2-11-7-3-4-8-12(11)13-9-5-6-10-14-13;1-2/h7,9-10,12-14H,2,6,8,11H2,1,3-5H3;3-10H,2H2,1H3;1-2H3/b13-9-;;. The van der Waals surface area contributed by atoms with Gasteiger partial charge in [-0.05, 0) is 62.9 Å². The normalized spacial score (nSPS) is 10.3. The van der Waals surface area contributed by atoms with Gasteiger partial charge in [0.15, 0.2) is 0 Å². The van der Waals surface area contributed by atoms with E-state index >= 15 is 0 Å². The van der Waals surface area contributed by atoms with Gasteiger partial charge >= 0.3 is 0 Å². The summed E-state index contributed by atoms with van der Waals surface area (Å²) in [6.07, 6.45) is 15.7. The Bertz CT molecular complexity index is 1290. The van der Waals surface area contributed by atoms with Crippen molar-refractivity contribution in [3.63, 3.8) is 0 Å². The SMILES string of the molecule is C=C/C=C\N(C)c1c(C)nc(C)c(-n2cccn2)c1CCCC.CC.CCc1ccccc1-c1ccccn1. The van der Waals surface area contributed by atoms with Gasteiger partial charge in [0.1, 0.15) is 0 Å². The number of nitrogens with zero attached hydrogens (tertiary/aromatic N) is 5. The lowest BCUT2D eigenvalue weighted by Gasteiger charge is -2.24. The fourth-order valence-corrected chi connectivity index (χ4v) is 4.54. The van der Waals surface area contributed by atoms with E-state index in [0.717, 1.165) is 54.1 Å². The molecule has 0 radical (unpaired) electrons. The zero-order valence-corrected chi connectivity index (χ0v) is 24.9. The van der Waals surface area contributed by atoms with Crippen molar-refractivity contribution in [3.05, 3.63) is 115 Å². The average molecular weight is 524 g/mol. The van der Waals surface area contributed by atoms with Gasteiger partial charge in [0.2, 0.25) is 0 Å². The number of pyridine rings is 2. The second-order valence-electron chi connectivity index (χ2n) is 8.93. The van der Waals surface area contributed by atoms with E-state index in [-0.39, 0.29) is 0 Å². The van der Waals surface area contributed by atoms with Crippen LogP contribution in [0.25, 0.3) is 16.9 Å². The quantitative estimate of drug-likeness (QED) is 0.206. The molecule has 0 bridgehead atoms. The number of aromatic nitrogens is 4. The van der Waals surface area contributed by atoms with Crippen molar-refractivity contribution in [1.29, 1.82) is 0 Å². The van der Waals surface area contributed by atoms with E-state index in [1.165, 1.54) is 16.7 Å². The monoisotopic (exact) mass is 523 g/mol. The predicted octanol–water partition coefficient (Wildman–Crippen LogP) is 8.70. The Kier molecular flexibility index (Phi) is 13.4. The van der Waals surface area contributed by atoms with E-state index in [0.29, 0.717) is 0 Å². The molecule has 0 amide bonds. The molecule has 0 aliphatic rings. The highest BCUT2D eigenvalue weighted by Crippen LogP contribution is 2.32. The number of unbranched alkanes of at least 4 members (excludes halogenated alkanes) is 1. The first kappa shape index (κ1) is 31.2. The molecule has 4 rings (SSSR count). The molecule has 39 heavy (non-hydrogen) atoms. The molecule has 0 aliphatic heterocycles. The van der Waals surface area contributed by atoms with Crippen LogP contribution in [0.4, 0.5) is 5.69 Å². The van der Waals surface area contributed by atoms with Crippen LogP contribution in [-0.4, -0.2) is 26.8 Å². The van der Waals surface area contributed by atoms with Crippen LogP contribution < -0.4 is 4.90 Å². The number of allylic oxidation sites excluding steroid dienone is 2. The predicted molar refractivity (Wildman–Crippen MR) is 168 cm³/mol. The van der Waals surface area contributed by atoms with Crippen molar-refractivity contribution in [3.8, 4) is 16.9 Å². The smallest absolute Gasteiger partial charge is 0.0910 e. The summed E-state index contributed by atoms with van der Waals surface area (Å²) in [5.41, 5.74) is 9.28. The lowest BCUT2D eigenvalue weighted by atomic mass is 10.0. The summed E-state index contributed by atoms with van der Waals surface area (Å²) >= 11 is 0. The second-order valence-corrected chi connectivity index (χ2v) is 8.93. The maximum Gasteiger partial charge on any atom is 0.0910 e. The molecule has 3 aromatic heterocycles. The molecule has 0 N–H and O–H groups in total. The average Bonchev–Trinajstić information content (AvgIpc) is 3.51. The Morgan fingerprint density at radius 3 is 2.31 bits per heavy atom. The summed E-state index contributed by atoms with van der Waals surface area (Å²) in [6.45, 7) is 16.3. The van der Waals surface area contributed by atoms with Crippen LogP contribution in [0.1, 0.15) is 63.1 Å². The molecule has 0 spiro atoms. The third-order valence-corrected chi connectivity index (χ3v) is 6.24. The zero-order chi connectivity index (χ0) is 28.6. The van der Waals surface area contributed by atoms with Crippen LogP contribution in [0, 0.1) is 13.8 Å². The molecular weight excluding hydrogens is 478 g/mol. The van der Waals surface area contributed by atoms with E-state index in [9.17, 15) is 0 Å². The lowest BCUT2D eigenvalue weighted by Crippen LogP contribution is -2.17. The summed E-state index contributed by atoms with van der Waals surface area (Å²) in [7, 11) is 2.06. The van der Waals surface area contributed by atoms with Crippen LogP contribution in [0.3, 0.4) is 0 Å². The van der Waals surface area contributed by atoms with Gasteiger partial charge in [-0.25, -0.2) is 4.68 Å². The molecule has 0 saturated carbocycles. The molecule has 5 nitrogen and oxygen atoms in total. The maximum atomic E-state index is 4.77. The Hall–Kier alpha value is -3.99. The molecular formula is C34H45N5. The number of hydrogen-bond donors (Lipinski definition) is 0. The van der Waals surface area contributed by atoms with Gasteiger partial charge in [-0.1, -0.05) is 77.1 Å². The third-order valence-electron chi connectivity index (χ3n) is 6.24. The minimum absolute atomic E-state index is 1.01. The molecule has 3 heterocycles. The van der Waals surface area contributed by atoms with E-state index in [4.69, 9.17) is 4.98 Å². The van der Waals surface area contributed by atoms with Gasteiger partial charge in [-0.2, -0.15) is 5.10 Å². The summed E-state index contributed by atoms with van der Waals surface area (Å²) in [4.78, 5) is 11.2. The van der Waals surface area contributed by atoms with Gasteiger partial charge in [0.05, 0.1) is 28.5 Å². The first-order chi connectivity index (χ1) is 19.0. The van der Waals surface area contributed by atoms with Crippen LogP contribution in [0.15, 0.2) is 92.1 Å². The highest BCUT2D eigenvalue weighted by Gasteiger charge is 2.19. The Balaban J connectivity index is 0.000000284. The molecule has 0 saturated heterocycles. The van der Waals surface area contributed by atoms with E-state index in [2.05, 4.69) is 86.6 Å². The number of anilines is 1. The van der Waals surface area contributed by atoms with Crippen LogP contribution in [0.5, 0.6) is 0 Å². The highest BCUT2D eigenvalue weighted by molar-refractivity contribution is 5.67. The number of hydrogen-bond acceptors (Lipinski definition) is 4. The number of rotatable bonds is 9. The van der Waals surface area contributed by atoms with E-state index in [1.807, 2.05) is 67.6 Å². The Labute approximate surface area is 236 Å². The van der Waals surface area contributed by atoms with Crippen molar-refractivity contribution < 1.29 is 0 Å². The third kappa shape index (κ3) is 8.51. The van der Waals surface area contributed by atoms with Gasteiger partial charge in [0.25, 0.3) is 0 Å².